The Morgan fingerprint density at radius 1 is 1.14 bits per heavy atom. The van der Waals surface area contributed by atoms with E-state index in [1.165, 1.54) is 9.80 Å². The molecule has 116 valence electrons. The van der Waals surface area contributed by atoms with E-state index in [1.54, 1.807) is 24.3 Å². The van der Waals surface area contributed by atoms with E-state index in [0.717, 1.165) is 0 Å². The van der Waals surface area contributed by atoms with Gasteiger partial charge in [0.05, 0.1) is 6.54 Å². The molecule has 1 aliphatic rings. The fourth-order valence-electron chi connectivity index (χ4n) is 2.30. The van der Waals surface area contributed by atoms with Crippen LogP contribution in [-0.4, -0.2) is 54.6 Å². The van der Waals surface area contributed by atoms with E-state index in [1.807, 2.05) is 6.07 Å². The van der Waals surface area contributed by atoms with Crippen LogP contribution in [0.5, 0.6) is 0 Å². The highest BCUT2D eigenvalue weighted by atomic mass is 35.5. The van der Waals surface area contributed by atoms with Gasteiger partial charge >= 0.3 is 6.18 Å². The highest BCUT2D eigenvalue weighted by Gasteiger charge is 2.33. The number of nitrogens with zero attached hydrogens (tertiary/aromatic N) is 2. The van der Waals surface area contributed by atoms with Gasteiger partial charge in [-0.05, 0) is 5.56 Å². The Bertz CT molecular complexity index is 473. The molecule has 0 saturated carbocycles. The maximum Gasteiger partial charge on any atom is 0.401 e. The van der Waals surface area contributed by atoms with Crippen LogP contribution in [-0.2, 0) is 4.79 Å². The van der Waals surface area contributed by atoms with Crippen molar-refractivity contribution in [3.63, 3.8) is 0 Å². The third kappa shape index (κ3) is 4.61. The van der Waals surface area contributed by atoms with Gasteiger partial charge in [-0.15, -0.1) is 11.6 Å². The van der Waals surface area contributed by atoms with Crippen molar-refractivity contribution >= 4 is 17.5 Å². The van der Waals surface area contributed by atoms with Crippen LogP contribution in [0.3, 0.4) is 0 Å². The summed E-state index contributed by atoms with van der Waals surface area (Å²) in [7, 11) is 0. The Hall–Kier alpha value is -1.27. The molecule has 2 rings (SSSR count). The topological polar surface area (TPSA) is 23.6 Å². The molecule has 0 spiro atoms. The van der Waals surface area contributed by atoms with E-state index in [0.29, 0.717) is 5.56 Å². The van der Waals surface area contributed by atoms with Gasteiger partial charge in [0.15, 0.2) is 0 Å². The first-order valence-electron chi connectivity index (χ1n) is 6.64. The molecule has 3 nitrogen and oxygen atoms in total. The number of rotatable bonds is 3. The molecule has 7 heteroatoms. The van der Waals surface area contributed by atoms with Gasteiger partial charge in [-0.2, -0.15) is 13.2 Å². The average molecular weight is 321 g/mol. The molecule has 1 unspecified atom stereocenters. The highest BCUT2D eigenvalue weighted by Crippen LogP contribution is 2.24. The highest BCUT2D eigenvalue weighted by molar-refractivity contribution is 6.30. The number of hydrogen-bond acceptors (Lipinski definition) is 2. The lowest BCUT2D eigenvalue weighted by Gasteiger charge is -2.35. The summed E-state index contributed by atoms with van der Waals surface area (Å²) in [4.78, 5) is 15.1. The van der Waals surface area contributed by atoms with Gasteiger partial charge < -0.3 is 4.90 Å². The molecule has 0 radical (unpaired) electrons. The van der Waals surface area contributed by atoms with Crippen LogP contribution < -0.4 is 0 Å². The van der Waals surface area contributed by atoms with Crippen LogP contribution >= 0.6 is 11.6 Å². The number of piperazine rings is 1. The molecule has 1 aromatic rings. The second-order valence-electron chi connectivity index (χ2n) is 4.99. The van der Waals surface area contributed by atoms with Crippen molar-refractivity contribution in [1.29, 1.82) is 0 Å². The summed E-state index contributed by atoms with van der Waals surface area (Å²) in [5, 5.41) is -0.791. The normalized spacial score (nSPS) is 18.6. The lowest BCUT2D eigenvalue weighted by molar-refractivity contribution is -0.151. The number of amides is 1. The monoisotopic (exact) mass is 320 g/mol. The van der Waals surface area contributed by atoms with Gasteiger partial charge in [0.1, 0.15) is 5.38 Å². The van der Waals surface area contributed by atoms with Gasteiger partial charge in [-0.25, -0.2) is 0 Å². The lowest BCUT2D eigenvalue weighted by atomic mass is 10.1. The summed E-state index contributed by atoms with van der Waals surface area (Å²) < 4.78 is 36.9. The molecular weight excluding hydrogens is 305 g/mol. The number of benzene rings is 1. The first-order chi connectivity index (χ1) is 9.87. The Labute approximate surface area is 126 Å². The molecule has 1 atom stereocenters. The number of carbonyl (C=O) groups is 1. The third-order valence-corrected chi connectivity index (χ3v) is 3.83. The Balaban J connectivity index is 1.89. The van der Waals surface area contributed by atoms with Crippen molar-refractivity contribution in [2.45, 2.75) is 11.6 Å². The fraction of sp³-hybridized carbons (Fsp3) is 0.500. The quantitative estimate of drug-likeness (QED) is 0.799. The summed E-state index contributed by atoms with van der Waals surface area (Å²) in [5.41, 5.74) is 0.696. The van der Waals surface area contributed by atoms with E-state index < -0.39 is 18.1 Å². The third-order valence-electron chi connectivity index (χ3n) is 3.40. The smallest absolute Gasteiger partial charge is 0.339 e. The van der Waals surface area contributed by atoms with Crippen molar-refractivity contribution in [2.75, 3.05) is 32.7 Å². The van der Waals surface area contributed by atoms with Gasteiger partial charge in [0, 0.05) is 26.2 Å². The second kappa shape index (κ2) is 6.66. The average Bonchev–Trinajstić information content (AvgIpc) is 2.46. The van der Waals surface area contributed by atoms with Gasteiger partial charge in [-0.3, -0.25) is 9.69 Å². The zero-order valence-corrected chi connectivity index (χ0v) is 12.1. The molecule has 1 heterocycles. The molecule has 1 aliphatic heterocycles. The summed E-state index contributed by atoms with van der Waals surface area (Å²) in [5.74, 6) is -0.255. The molecule has 21 heavy (non-hydrogen) atoms. The lowest BCUT2D eigenvalue weighted by Crippen LogP contribution is -2.51. The number of hydrogen-bond donors (Lipinski definition) is 0. The summed E-state index contributed by atoms with van der Waals surface area (Å²) >= 11 is 6.15. The molecular formula is C14H16ClF3N2O. The number of carbonyl (C=O) groups excluding carboxylic acids is 1. The first kappa shape index (κ1) is 16.1. The van der Waals surface area contributed by atoms with E-state index in [9.17, 15) is 18.0 Å². The summed E-state index contributed by atoms with van der Waals surface area (Å²) in [6.07, 6.45) is -4.20. The SMILES string of the molecule is O=C(C(Cl)c1ccccc1)N1CCN(CC(F)(F)F)CC1. The molecule has 0 aliphatic carbocycles. The predicted octanol–water partition coefficient (Wildman–Crippen LogP) is 2.67. The summed E-state index contributed by atoms with van der Waals surface area (Å²) in [6, 6.07) is 8.93. The van der Waals surface area contributed by atoms with E-state index in [-0.39, 0.29) is 32.1 Å². The predicted molar refractivity (Wildman–Crippen MR) is 74.1 cm³/mol. The van der Waals surface area contributed by atoms with Crippen LogP contribution in [0.2, 0.25) is 0 Å². The standard InChI is InChI=1S/C14H16ClF3N2O/c15-12(11-4-2-1-3-5-11)13(21)20-8-6-19(7-9-20)10-14(16,17)18/h1-5,12H,6-10H2. The molecule has 1 saturated heterocycles. The van der Waals surface area contributed by atoms with Crippen LogP contribution in [0.25, 0.3) is 0 Å². The van der Waals surface area contributed by atoms with E-state index in [2.05, 4.69) is 0 Å². The zero-order valence-electron chi connectivity index (χ0n) is 11.3. The van der Waals surface area contributed by atoms with Crippen molar-refractivity contribution in [2.24, 2.45) is 0 Å². The fourth-order valence-corrected chi connectivity index (χ4v) is 2.59. The molecule has 0 N–H and O–H groups in total. The van der Waals surface area contributed by atoms with Crippen LogP contribution in [0.15, 0.2) is 30.3 Å². The molecule has 0 aromatic heterocycles. The Morgan fingerprint density at radius 3 is 2.24 bits per heavy atom. The Kier molecular flexibility index (Phi) is 5.11. The van der Waals surface area contributed by atoms with Crippen LogP contribution in [0, 0.1) is 0 Å². The molecule has 1 aromatic carbocycles. The maximum absolute atomic E-state index is 12.3. The molecule has 1 amide bonds. The number of halogens is 4. The van der Waals surface area contributed by atoms with Gasteiger partial charge in [-0.1, -0.05) is 30.3 Å². The minimum Gasteiger partial charge on any atom is -0.339 e. The van der Waals surface area contributed by atoms with Crippen LogP contribution in [0.4, 0.5) is 13.2 Å². The minimum absolute atomic E-state index is 0.212. The van der Waals surface area contributed by atoms with E-state index in [4.69, 9.17) is 11.6 Å². The van der Waals surface area contributed by atoms with Crippen molar-refractivity contribution in [3.8, 4) is 0 Å². The van der Waals surface area contributed by atoms with E-state index >= 15 is 0 Å². The number of alkyl halides is 4. The van der Waals surface area contributed by atoms with Crippen molar-refractivity contribution in [3.05, 3.63) is 35.9 Å². The summed E-state index contributed by atoms with van der Waals surface area (Å²) in [6.45, 7) is 0.0290. The van der Waals surface area contributed by atoms with Crippen molar-refractivity contribution < 1.29 is 18.0 Å². The van der Waals surface area contributed by atoms with Crippen molar-refractivity contribution in [1.82, 2.24) is 9.80 Å². The molecule has 0 bridgehead atoms. The van der Waals surface area contributed by atoms with Gasteiger partial charge in [0.25, 0.3) is 0 Å². The van der Waals surface area contributed by atoms with Gasteiger partial charge in [0.2, 0.25) is 5.91 Å². The zero-order chi connectivity index (χ0) is 15.5. The second-order valence-corrected chi connectivity index (χ2v) is 5.43. The largest absolute Gasteiger partial charge is 0.401 e. The molecule has 1 fully saturated rings. The Morgan fingerprint density at radius 2 is 1.71 bits per heavy atom. The maximum atomic E-state index is 12.3. The first-order valence-corrected chi connectivity index (χ1v) is 7.07. The minimum atomic E-state index is -4.20. The van der Waals surface area contributed by atoms with Crippen LogP contribution in [0.1, 0.15) is 10.9 Å².